The van der Waals surface area contributed by atoms with Crippen LogP contribution < -0.4 is 0 Å². The lowest BCUT2D eigenvalue weighted by Crippen LogP contribution is -2.02. The summed E-state index contributed by atoms with van der Waals surface area (Å²) >= 11 is 0. The van der Waals surface area contributed by atoms with E-state index in [0.717, 1.165) is 6.07 Å². The third kappa shape index (κ3) is 2.06. The fourth-order valence-corrected chi connectivity index (χ4v) is 1.47. The molecule has 0 unspecified atom stereocenters. The van der Waals surface area contributed by atoms with E-state index in [1.54, 1.807) is 13.0 Å². The Bertz CT molecular complexity index is 501. The van der Waals surface area contributed by atoms with Gasteiger partial charge < -0.3 is 0 Å². The molecule has 1 rings (SSSR count). The van der Waals surface area contributed by atoms with Gasteiger partial charge in [0.05, 0.1) is 10.5 Å². The summed E-state index contributed by atoms with van der Waals surface area (Å²) in [4.78, 5) is 21.5. The molecule has 0 atom stereocenters. The van der Waals surface area contributed by atoms with Gasteiger partial charge in [-0.15, -0.1) is 0 Å². The number of carbonyl (C=O) groups excluding carboxylic acids is 1. The van der Waals surface area contributed by atoms with E-state index in [4.69, 9.17) is 5.26 Å². The van der Waals surface area contributed by atoms with Crippen molar-refractivity contribution in [1.29, 1.82) is 5.26 Å². The molecule has 0 fully saturated rings. The fourth-order valence-electron chi connectivity index (χ4n) is 1.47. The van der Waals surface area contributed by atoms with Gasteiger partial charge in [0.1, 0.15) is 6.07 Å². The summed E-state index contributed by atoms with van der Waals surface area (Å²) in [5.74, 6) is -0.263. The molecule has 0 saturated carbocycles. The number of aryl methyl sites for hydroxylation is 1. The SMILES string of the molecule is CCc1cc(C(C)=O)c(C#N)cc1[N+](=O)[O-]. The summed E-state index contributed by atoms with van der Waals surface area (Å²) in [6, 6.07) is 4.39. The van der Waals surface area contributed by atoms with Crippen LogP contribution in [0.1, 0.15) is 35.3 Å². The molecule has 5 nitrogen and oxygen atoms in total. The number of carbonyl (C=O) groups is 1. The van der Waals surface area contributed by atoms with Gasteiger partial charge in [0.15, 0.2) is 5.78 Å². The Balaban J connectivity index is 3.54. The van der Waals surface area contributed by atoms with Crippen LogP contribution in [0, 0.1) is 21.4 Å². The molecule has 0 radical (unpaired) electrons. The van der Waals surface area contributed by atoms with E-state index >= 15 is 0 Å². The monoisotopic (exact) mass is 218 g/mol. The normalized spacial score (nSPS) is 9.56. The van der Waals surface area contributed by atoms with Crippen LogP contribution in [0.5, 0.6) is 0 Å². The van der Waals surface area contributed by atoms with E-state index < -0.39 is 4.92 Å². The maximum Gasteiger partial charge on any atom is 0.273 e. The lowest BCUT2D eigenvalue weighted by molar-refractivity contribution is -0.385. The molecular weight excluding hydrogens is 208 g/mol. The van der Waals surface area contributed by atoms with Crippen LogP contribution in [-0.2, 0) is 6.42 Å². The van der Waals surface area contributed by atoms with Gasteiger partial charge in [-0.2, -0.15) is 5.26 Å². The van der Waals surface area contributed by atoms with Gasteiger partial charge in [-0.3, -0.25) is 14.9 Å². The molecule has 0 aromatic heterocycles. The van der Waals surface area contributed by atoms with Crippen molar-refractivity contribution < 1.29 is 9.72 Å². The zero-order chi connectivity index (χ0) is 12.3. The number of Topliss-reactive ketones (excluding diaryl/α,β-unsaturated/α-hetero) is 1. The van der Waals surface area contributed by atoms with Crippen molar-refractivity contribution in [3.63, 3.8) is 0 Å². The number of nitro groups is 1. The average molecular weight is 218 g/mol. The predicted octanol–water partition coefficient (Wildman–Crippen LogP) is 2.23. The summed E-state index contributed by atoms with van der Waals surface area (Å²) in [5.41, 5.74) is 0.652. The molecule has 0 aliphatic heterocycles. The summed E-state index contributed by atoms with van der Waals surface area (Å²) in [6.45, 7) is 3.10. The summed E-state index contributed by atoms with van der Waals surface area (Å²) in [6.07, 6.45) is 0.447. The van der Waals surface area contributed by atoms with Gasteiger partial charge in [0, 0.05) is 17.2 Å². The number of nitro benzene ring substituents is 1. The van der Waals surface area contributed by atoms with Crippen LogP contribution in [0.2, 0.25) is 0 Å². The van der Waals surface area contributed by atoms with Crippen LogP contribution in [0.4, 0.5) is 5.69 Å². The van der Waals surface area contributed by atoms with E-state index in [-0.39, 0.29) is 22.6 Å². The van der Waals surface area contributed by atoms with Crippen molar-refractivity contribution in [3.8, 4) is 6.07 Å². The molecule has 0 spiro atoms. The smallest absolute Gasteiger partial charge is 0.273 e. The maximum atomic E-state index is 11.3. The van der Waals surface area contributed by atoms with Crippen molar-refractivity contribution in [3.05, 3.63) is 38.9 Å². The Morgan fingerprint density at radius 3 is 2.56 bits per heavy atom. The Kier molecular flexibility index (Phi) is 3.36. The number of nitrogens with zero attached hydrogens (tertiary/aromatic N) is 2. The van der Waals surface area contributed by atoms with Gasteiger partial charge in [-0.05, 0) is 19.4 Å². The highest BCUT2D eigenvalue weighted by molar-refractivity contribution is 5.97. The summed E-state index contributed by atoms with van der Waals surface area (Å²) in [7, 11) is 0. The van der Waals surface area contributed by atoms with Gasteiger partial charge >= 0.3 is 0 Å². The molecule has 0 amide bonds. The number of hydrogen-bond donors (Lipinski definition) is 0. The van der Waals surface area contributed by atoms with Crippen molar-refractivity contribution >= 4 is 11.5 Å². The zero-order valence-corrected chi connectivity index (χ0v) is 8.98. The number of nitriles is 1. The van der Waals surface area contributed by atoms with Gasteiger partial charge in [0.2, 0.25) is 0 Å². The Morgan fingerprint density at radius 1 is 1.56 bits per heavy atom. The van der Waals surface area contributed by atoms with Crippen LogP contribution in [0.15, 0.2) is 12.1 Å². The molecular formula is C11H10N2O3. The second-order valence-corrected chi connectivity index (χ2v) is 3.31. The molecule has 0 bridgehead atoms. The zero-order valence-electron chi connectivity index (χ0n) is 8.98. The van der Waals surface area contributed by atoms with Gasteiger partial charge in [-0.1, -0.05) is 6.92 Å². The largest absolute Gasteiger partial charge is 0.294 e. The van der Waals surface area contributed by atoms with E-state index in [1.807, 2.05) is 0 Å². The van der Waals surface area contributed by atoms with Crippen LogP contribution in [0.25, 0.3) is 0 Å². The molecule has 0 aliphatic carbocycles. The third-order valence-electron chi connectivity index (χ3n) is 2.30. The predicted molar refractivity (Wildman–Crippen MR) is 57.2 cm³/mol. The number of hydrogen-bond acceptors (Lipinski definition) is 4. The highest BCUT2D eigenvalue weighted by Gasteiger charge is 2.18. The number of benzene rings is 1. The second kappa shape index (κ2) is 4.53. The lowest BCUT2D eigenvalue weighted by Gasteiger charge is -2.04. The van der Waals surface area contributed by atoms with Crippen LogP contribution in [-0.4, -0.2) is 10.7 Å². The first-order chi connectivity index (χ1) is 7.51. The van der Waals surface area contributed by atoms with E-state index in [1.165, 1.54) is 13.0 Å². The maximum absolute atomic E-state index is 11.3. The average Bonchev–Trinajstić information content (AvgIpc) is 2.26. The summed E-state index contributed by atoms with van der Waals surface area (Å²) in [5, 5.41) is 19.6. The molecule has 1 aromatic carbocycles. The van der Waals surface area contributed by atoms with Crippen LogP contribution in [0.3, 0.4) is 0 Å². The highest BCUT2D eigenvalue weighted by Crippen LogP contribution is 2.24. The van der Waals surface area contributed by atoms with Crippen LogP contribution >= 0.6 is 0 Å². The molecule has 5 heteroatoms. The second-order valence-electron chi connectivity index (χ2n) is 3.31. The van der Waals surface area contributed by atoms with E-state index in [0.29, 0.717) is 12.0 Å². The molecule has 0 saturated heterocycles. The third-order valence-corrected chi connectivity index (χ3v) is 2.30. The molecule has 0 N–H and O–H groups in total. The minimum Gasteiger partial charge on any atom is -0.294 e. The fraction of sp³-hybridized carbons (Fsp3) is 0.273. The Hall–Kier alpha value is -2.22. The van der Waals surface area contributed by atoms with Crippen molar-refractivity contribution in [2.75, 3.05) is 0 Å². The topological polar surface area (TPSA) is 84.0 Å². The highest BCUT2D eigenvalue weighted by atomic mass is 16.6. The Morgan fingerprint density at radius 2 is 2.19 bits per heavy atom. The Labute approximate surface area is 92.5 Å². The van der Waals surface area contributed by atoms with E-state index in [9.17, 15) is 14.9 Å². The van der Waals surface area contributed by atoms with Gasteiger partial charge in [-0.25, -0.2) is 0 Å². The quantitative estimate of drug-likeness (QED) is 0.442. The molecule has 16 heavy (non-hydrogen) atoms. The first-order valence-corrected chi connectivity index (χ1v) is 4.73. The lowest BCUT2D eigenvalue weighted by atomic mass is 9.99. The van der Waals surface area contributed by atoms with Crippen molar-refractivity contribution in [2.45, 2.75) is 20.3 Å². The van der Waals surface area contributed by atoms with E-state index in [2.05, 4.69) is 0 Å². The molecule has 1 aromatic rings. The minimum absolute atomic E-state index is 0.0522. The molecule has 0 heterocycles. The molecule has 0 aliphatic rings. The first kappa shape index (κ1) is 11.9. The van der Waals surface area contributed by atoms with Crippen molar-refractivity contribution in [1.82, 2.24) is 0 Å². The standard InChI is InChI=1S/C11H10N2O3/c1-3-8-4-10(7(2)14)9(6-12)5-11(8)13(15)16/h4-5H,3H2,1-2H3. The van der Waals surface area contributed by atoms with Crippen molar-refractivity contribution in [2.24, 2.45) is 0 Å². The number of ketones is 1. The number of rotatable bonds is 3. The minimum atomic E-state index is -0.538. The molecule has 82 valence electrons. The summed E-state index contributed by atoms with van der Waals surface area (Å²) < 4.78 is 0. The van der Waals surface area contributed by atoms with Gasteiger partial charge in [0.25, 0.3) is 5.69 Å². The first-order valence-electron chi connectivity index (χ1n) is 4.73.